The van der Waals surface area contributed by atoms with Crippen molar-refractivity contribution in [2.45, 2.75) is 6.92 Å². The zero-order valence-electron chi connectivity index (χ0n) is 8.77. The maximum absolute atomic E-state index is 11.5. The van der Waals surface area contributed by atoms with Gasteiger partial charge >= 0.3 is 5.97 Å². The van der Waals surface area contributed by atoms with Crippen molar-refractivity contribution in [2.75, 3.05) is 6.61 Å². The number of nitriles is 1. The highest BCUT2D eigenvalue weighted by molar-refractivity contribution is 6.34. The number of nitrogens with zero attached hydrogens (tertiary/aromatic N) is 2. The first kappa shape index (κ1) is 12.9. The number of carbonyl (C=O) groups excluding carboxylic acids is 1. The van der Waals surface area contributed by atoms with Crippen molar-refractivity contribution >= 4 is 23.3 Å². The van der Waals surface area contributed by atoms with Crippen molar-refractivity contribution in [3.8, 4) is 6.07 Å². The maximum Gasteiger partial charge on any atom is 0.341 e. The molecule has 0 heterocycles. The lowest BCUT2D eigenvalue weighted by atomic mass is 10.1. The number of nitro groups is 1. The highest BCUT2D eigenvalue weighted by atomic mass is 35.5. The monoisotopic (exact) mass is 254 g/mol. The van der Waals surface area contributed by atoms with E-state index in [1.54, 1.807) is 13.0 Å². The average Bonchev–Trinajstić information content (AvgIpc) is 2.28. The van der Waals surface area contributed by atoms with Crippen LogP contribution in [-0.2, 0) is 4.74 Å². The third-order valence-corrected chi connectivity index (χ3v) is 2.24. The number of nitro benzene ring substituents is 1. The van der Waals surface area contributed by atoms with Crippen LogP contribution < -0.4 is 0 Å². The van der Waals surface area contributed by atoms with E-state index in [2.05, 4.69) is 4.74 Å². The van der Waals surface area contributed by atoms with E-state index >= 15 is 0 Å². The molecule has 0 bridgehead atoms. The van der Waals surface area contributed by atoms with Crippen LogP contribution in [0, 0.1) is 21.4 Å². The molecule has 1 rings (SSSR count). The third-order valence-electron chi connectivity index (χ3n) is 1.92. The summed E-state index contributed by atoms with van der Waals surface area (Å²) in [6.45, 7) is 1.66. The van der Waals surface area contributed by atoms with Crippen molar-refractivity contribution < 1.29 is 14.5 Å². The molecule has 88 valence electrons. The first-order valence-electron chi connectivity index (χ1n) is 4.57. The van der Waals surface area contributed by atoms with Crippen LogP contribution in [0.15, 0.2) is 12.1 Å². The lowest BCUT2D eigenvalue weighted by Crippen LogP contribution is -2.09. The van der Waals surface area contributed by atoms with Gasteiger partial charge in [0.1, 0.15) is 17.2 Å². The molecule has 0 saturated heterocycles. The molecule has 0 aliphatic heterocycles. The van der Waals surface area contributed by atoms with Crippen molar-refractivity contribution in [1.29, 1.82) is 5.26 Å². The van der Waals surface area contributed by atoms with E-state index < -0.39 is 16.6 Å². The Balaban J connectivity index is 3.47. The van der Waals surface area contributed by atoms with Crippen LogP contribution in [0.25, 0.3) is 0 Å². The van der Waals surface area contributed by atoms with Gasteiger partial charge < -0.3 is 4.74 Å². The molecule has 17 heavy (non-hydrogen) atoms. The van der Waals surface area contributed by atoms with Crippen molar-refractivity contribution in [2.24, 2.45) is 0 Å². The van der Waals surface area contributed by atoms with Gasteiger partial charge in [0.25, 0.3) is 5.69 Å². The quantitative estimate of drug-likeness (QED) is 0.469. The van der Waals surface area contributed by atoms with Crippen LogP contribution in [0.1, 0.15) is 22.8 Å². The Kier molecular flexibility index (Phi) is 4.01. The van der Waals surface area contributed by atoms with Crippen LogP contribution >= 0.6 is 11.6 Å². The Hall–Kier alpha value is -2.13. The molecule has 7 heteroatoms. The summed E-state index contributed by atoms with van der Waals surface area (Å²) >= 11 is 5.74. The Bertz CT molecular complexity index is 522. The van der Waals surface area contributed by atoms with Crippen LogP contribution in [0.3, 0.4) is 0 Å². The van der Waals surface area contributed by atoms with Crippen molar-refractivity contribution in [3.63, 3.8) is 0 Å². The normalized spacial score (nSPS) is 9.47. The van der Waals surface area contributed by atoms with Gasteiger partial charge in [0.05, 0.1) is 16.6 Å². The van der Waals surface area contributed by atoms with Gasteiger partial charge in [-0.3, -0.25) is 10.1 Å². The van der Waals surface area contributed by atoms with E-state index in [1.165, 1.54) is 6.07 Å². The zero-order valence-corrected chi connectivity index (χ0v) is 9.52. The molecule has 0 aliphatic rings. The van der Waals surface area contributed by atoms with Crippen molar-refractivity contribution in [3.05, 3.63) is 38.4 Å². The molecule has 0 radical (unpaired) electrons. The second-order valence-corrected chi connectivity index (χ2v) is 3.31. The summed E-state index contributed by atoms with van der Waals surface area (Å²) in [5.74, 6) is -0.849. The summed E-state index contributed by atoms with van der Waals surface area (Å²) < 4.78 is 4.69. The fourth-order valence-electron chi connectivity index (χ4n) is 1.23. The van der Waals surface area contributed by atoms with E-state index in [0.29, 0.717) is 0 Å². The molecular weight excluding hydrogens is 248 g/mol. The molecule has 0 spiro atoms. The molecule has 1 aromatic carbocycles. The van der Waals surface area contributed by atoms with Gasteiger partial charge in [-0.25, -0.2) is 4.79 Å². The highest BCUT2D eigenvalue weighted by Gasteiger charge is 2.25. The molecule has 0 aliphatic carbocycles. The number of esters is 1. The standard InChI is InChI=1S/C10H7ClN2O4/c1-2-17-10(14)9-6(5-12)8(13(15)16)4-3-7(9)11/h3-4H,2H2,1H3. The van der Waals surface area contributed by atoms with Gasteiger partial charge in [-0.05, 0) is 13.0 Å². The number of carbonyl (C=O) groups is 1. The molecule has 0 aromatic heterocycles. The third kappa shape index (κ3) is 2.52. The Morgan fingerprint density at radius 1 is 1.65 bits per heavy atom. The molecule has 0 atom stereocenters. The number of hydrogen-bond acceptors (Lipinski definition) is 5. The first-order chi connectivity index (χ1) is 8.02. The van der Waals surface area contributed by atoms with Gasteiger partial charge in [-0.2, -0.15) is 5.26 Å². The van der Waals surface area contributed by atoms with Crippen LogP contribution in [0.5, 0.6) is 0 Å². The van der Waals surface area contributed by atoms with Gasteiger partial charge in [0.2, 0.25) is 0 Å². The summed E-state index contributed by atoms with van der Waals surface area (Å²) in [4.78, 5) is 21.5. The molecule has 0 N–H and O–H groups in total. The molecule has 1 aromatic rings. The topological polar surface area (TPSA) is 93.2 Å². The van der Waals surface area contributed by atoms with Crippen LogP contribution in [0.2, 0.25) is 5.02 Å². The fourth-order valence-corrected chi connectivity index (χ4v) is 1.47. The molecular formula is C10H7ClN2O4. The highest BCUT2D eigenvalue weighted by Crippen LogP contribution is 2.28. The smallest absolute Gasteiger partial charge is 0.341 e. The van der Waals surface area contributed by atoms with E-state index in [4.69, 9.17) is 16.9 Å². The Labute approximate surface area is 102 Å². The lowest BCUT2D eigenvalue weighted by Gasteiger charge is -2.06. The number of ether oxygens (including phenoxy) is 1. The second-order valence-electron chi connectivity index (χ2n) is 2.91. The largest absolute Gasteiger partial charge is 0.462 e. The van der Waals surface area contributed by atoms with Gasteiger partial charge in [0, 0.05) is 6.07 Å². The molecule has 0 fully saturated rings. The average molecular weight is 255 g/mol. The Morgan fingerprint density at radius 3 is 2.76 bits per heavy atom. The second kappa shape index (κ2) is 5.27. The first-order valence-corrected chi connectivity index (χ1v) is 4.94. The van der Waals surface area contributed by atoms with E-state index in [-0.39, 0.29) is 22.8 Å². The van der Waals surface area contributed by atoms with E-state index in [0.717, 1.165) is 6.07 Å². The number of halogens is 1. The minimum atomic E-state index is -0.849. The van der Waals surface area contributed by atoms with Gasteiger partial charge in [-0.1, -0.05) is 11.6 Å². The molecule has 6 nitrogen and oxygen atoms in total. The number of rotatable bonds is 3. The summed E-state index contributed by atoms with van der Waals surface area (Å²) in [5.41, 5.74) is -1.13. The molecule has 0 unspecified atom stereocenters. The fraction of sp³-hybridized carbons (Fsp3) is 0.200. The molecule has 0 amide bonds. The summed E-state index contributed by atoms with van der Waals surface area (Å²) in [6.07, 6.45) is 0. The van der Waals surface area contributed by atoms with Crippen LogP contribution in [-0.4, -0.2) is 17.5 Å². The predicted octanol–water partition coefficient (Wildman–Crippen LogP) is 2.30. The summed E-state index contributed by atoms with van der Waals surface area (Å²) in [6, 6.07) is 3.86. The molecule has 0 saturated carbocycles. The van der Waals surface area contributed by atoms with Crippen LogP contribution in [0.4, 0.5) is 5.69 Å². The maximum atomic E-state index is 11.5. The minimum absolute atomic E-state index is 0.0504. The van der Waals surface area contributed by atoms with Crippen molar-refractivity contribution in [1.82, 2.24) is 0 Å². The predicted molar refractivity (Wildman–Crippen MR) is 58.8 cm³/mol. The van der Waals surface area contributed by atoms with E-state index in [9.17, 15) is 14.9 Å². The SMILES string of the molecule is CCOC(=O)c1c(Cl)ccc([N+](=O)[O-])c1C#N. The number of hydrogen-bond donors (Lipinski definition) is 0. The minimum Gasteiger partial charge on any atom is -0.462 e. The lowest BCUT2D eigenvalue weighted by molar-refractivity contribution is -0.385. The van der Waals surface area contributed by atoms with Gasteiger partial charge in [0.15, 0.2) is 0 Å². The number of benzene rings is 1. The van der Waals surface area contributed by atoms with E-state index in [1.807, 2.05) is 0 Å². The summed E-state index contributed by atoms with van der Waals surface area (Å²) in [7, 11) is 0. The zero-order chi connectivity index (χ0) is 13.0. The Morgan fingerprint density at radius 2 is 2.29 bits per heavy atom. The van der Waals surface area contributed by atoms with Gasteiger partial charge in [-0.15, -0.1) is 0 Å². The summed E-state index contributed by atoms with van der Waals surface area (Å²) in [5, 5.41) is 19.5.